The molecule has 2 atom stereocenters. The number of hydrogen-bond donors (Lipinski definition) is 1. The van der Waals surface area contributed by atoms with Gasteiger partial charge < -0.3 is 20.1 Å². The first-order chi connectivity index (χ1) is 17.3. The lowest BCUT2D eigenvalue weighted by Gasteiger charge is -2.38. The van der Waals surface area contributed by atoms with Crippen molar-refractivity contribution in [1.82, 2.24) is 9.80 Å². The van der Waals surface area contributed by atoms with E-state index in [1.165, 1.54) is 23.9 Å². The summed E-state index contributed by atoms with van der Waals surface area (Å²) >= 11 is 1.43. The molecule has 2 aliphatic heterocycles. The number of nitro benzene ring substituents is 1. The molecule has 0 aromatic heterocycles. The van der Waals surface area contributed by atoms with Crippen molar-refractivity contribution in [2.24, 2.45) is 5.73 Å². The van der Waals surface area contributed by atoms with Gasteiger partial charge in [-0.05, 0) is 54.7 Å². The lowest BCUT2D eigenvalue weighted by atomic mass is 10.2. The minimum Gasteiger partial charge on any atom is -0.497 e. The number of non-ortho nitro benzene ring substituents is 1. The first-order valence-corrected chi connectivity index (χ1v) is 12.8. The quantitative estimate of drug-likeness (QED) is 0.419. The monoisotopic (exact) mass is 514 g/mol. The highest BCUT2D eigenvalue weighted by molar-refractivity contribution is 8.00. The highest BCUT2D eigenvalue weighted by atomic mass is 32.2. The van der Waals surface area contributed by atoms with Gasteiger partial charge in [0.1, 0.15) is 12.4 Å². The Labute approximate surface area is 213 Å². The molecule has 10 nitrogen and oxygen atoms in total. The molecule has 36 heavy (non-hydrogen) atoms. The predicted molar refractivity (Wildman–Crippen MR) is 135 cm³/mol. The summed E-state index contributed by atoms with van der Waals surface area (Å²) in [6.45, 7) is 1.39. The molecule has 4 rings (SSSR count). The number of thioether (sulfide) groups is 1. The van der Waals surface area contributed by atoms with Crippen molar-refractivity contribution in [3.63, 3.8) is 0 Å². The van der Waals surface area contributed by atoms with Crippen molar-refractivity contribution in [1.29, 1.82) is 0 Å². The van der Waals surface area contributed by atoms with Crippen LogP contribution in [0.4, 0.5) is 10.5 Å². The third-order valence-corrected chi connectivity index (χ3v) is 8.10. The lowest BCUT2D eigenvalue weighted by Crippen LogP contribution is -2.56. The molecule has 2 saturated heterocycles. The van der Waals surface area contributed by atoms with Gasteiger partial charge >= 0.3 is 6.09 Å². The third-order valence-electron chi connectivity index (χ3n) is 6.55. The van der Waals surface area contributed by atoms with Gasteiger partial charge in [0.05, 0.1) is 12.0 Å². The van der Waals surface area contributed by atoms with Gasteiger partial charge in [-0.15, -0.1) is 11.8 Å². The Morgan fingerprint density at radius 3 is 2.44 bits per heavy atom. The summed E-state index contributed by atoms with van der Waals surface area (Å²) in [5, 5.41) is 10.9. The number of nitro groups is 1. The lowest BCUT2D eigenvalue weighted by molar-refractivity contribution is -0.384. The third kappa shape index (κ3) is 5.57. The van der Waals surface area contributed by atoms with Crippen LogP contribution < -0.4 is 10.5 Å². The number of carbonyl (C=O) groups excluding carboxylic acids is 2. The number of ether oxygens (including phenoxy) is 2. The van der Waals surface area contributed by atoms with Crippen LogP contribution in [0.3, 0.4) is 0 Å². The zero-order valence-electron chi connectivity index (χ0n) is 20.1. The van der Waals surface area contributed by atoms with E-state index in [1.54, 1.807) is 29.0 Å². The number of rotatable bonds is 8. The SMILES string of the molecule is COc1ccc(CSC2(C(=O)N3CC[C@H](N)C3)CCCN2C(=O)OCc2ccc([N+](=O)[O-])cc2)cc1. The molecule has 0 aliphatic carbocycles. The first-order valence-electron chi connectivity index (χ1n) is 11.8. The molecule has 2 aliphatic rings. The van der Waals surface area contributed by atoms with Gasteiger partial charge in [-0.25, -0.2) is 4.79 Å². The van der Waals surface area contributed by atoms with E-state index in [0.717, 1.165) is 17.7 Å². The molecular weight excluding hydrogens is 484 g/mol. The number of likely N-dealkylation sites (tertiary alicyclic amines) is 2. The van der Waals surface area contributed by atoms with Crippen molar-refractivity contribution < 1.29 is 24.0 Å². The molecule has 192 valence electrons. The summed E-state index contributed by atoms with van der Waals surface area (Å²) in [6.07, 6.45) is 1.35. The Morgan fingerprint density at radius 1 is 1.14 bits per heavy atom. The second kappa shape index (κ2) is 11.2. The minimum absolute atomic E-state index is 0.0343. The van der Waals surface area contributed by atoms with Crippen LogP contribution in [0, 0.1) is 10.1 Å². The second-order valence-electron chi connectivity index (χ2n) is 8.95. The van der Waals surface area contributed by atoms with Crippen LogP contribution in [0.1, 0.15) is 30.4 Å². The zero-order chi connectivity index (χ0) is 25.7. The molecule has 2 N–H and O–H groups in total. The van der Waals surface area contributed by atoms with E-state index in [1.807, 2.05) is 24.3 Å². The Balaban J connectivity index is 1.51. The van der Waals surface area contributed by atoms with Crippen molar-refractivity contribution in [2.75, 3.05) is 26.7 Å². The van der Waals surface area contributed by atoms with E-state index >= 15 is 0 Å². The van der Waals surface area contributed by atoms with Gasteiger partial charge in [-0.3, -0.25) is 19.8 Å². The first kappa shape index (κ1) is 25.8. The minimum atomic E-state index is -1.09. The van der Waals surface area contributed by atoms with Crippen molar-refractivity contribution in [3.8, 4) is 5.75 Å². The summed E-state index contributed by atoms with van der Waals surface area (Å²) in [5.74, 6) is 1.17. The van der Waals surface area contributed by atoms with Crippen LogP contribution in [-0.4, -0.2) is 64.4 Å². The van der Waals surface area contributed by atoms with Crippen molar-refractivity contribution in [2.45, 2.75) is 42.5 Å². The molecule has 0 spiro atoms. The zero-order valence-corrected chi connectivity index (χ0v) is 20.9. The topological polar surface area (TPSA) is 128 Å². The maximum atomic E-state index is 13.8. The highest BCUT2D eigenvalue weighted by Crippen LogP contribution is 2.43. The molecule has 0 saturated carbocycles. The summed E-state index contributed by atoms with van der Waals surface area (Å²) in [6, 6.07) is 13.4. The molecule has 2 fully saturated rings. The van der Waals surface area contributed by atoms with Crippen LogP contribution in [0.25, 0.3) is 0 Å². The number of benzene rings is 2. The molecule has 2 aromatic carbocycles. The van der Waals surface area contributed by atoms with Crippen LogP contribution in [0.2, 0.25) is 0 Å². The van der Waals surface area contributed by atoms with E-state index in [-0.39, 0.29) is 24.2 Å². The van der Waals surface area contributed by atoms with Gasteiger partial charge in [0, 0.05) is 43.6 Å². The number of carbonyl (C=O) groups is 2. The van der Waals surface area contributed by atoms with Gasteiger partial charge in [-0.1, -0.05) is 12.1 Å². The summed E-state index contributed by atoms with van der Waals surface area (Å²) in [4.78, 5) is 39.7. The molecule has 11 heteroatoms. The van der Waals surface area contributed by atoms with Gasteiger partial charge in [-0.2, -0.15) is 0 Å². The van der Waals surface area contributed by atoms with E-state index in [2.05, 4.69) is 0 Å². The van der Waals surface area contributed by atoms with Gasteiger partial charge in [0.25, 0.3) is 11.6 Å². The normalized spacial score (nSPS) is 21.4. The fraction of sp³-hybridized carbons (Fsp3) is 0.440. The highest BCUT2D eigenvalue weighted by Gasteiger charge is 2.53. The summed E-state index contributed by atoms with van der Waals surface area (Å²) in [5.41, 5.74) is 7.68. The Kier molecular flexibility index (Phi) is 8.00. The number of methoxy groups -OCH3 is 1. The van der Waals surface area contributed by atoms with E-state index in [9.17, 15) is 19.7 Å². The van der Waals surface area contributed by atoms with Crippen molar-refractivity contribution >= 4 is 29.4 Å². The number of amides is 2. The number of nitrogens with zero attached hydrogens (tertiary/aromatic N) is 3. The fourth-order valence-corrected chi connectivity index (χ4v) is 6.01. The molecule has 2 heterocycles. The number of nitrogens with two attached hydrogens (primary N) is 1. The van der Waals surface area contributed by atoms with Crippen molar-refractivity contribution in [3.05, 3.63) is 69.8 Å². The van der Waals surface area contributed by atoms with E-state index in [0.29, 0.717) is 43.8 Å². The average Bonchev–Trinajstić information content (AvgIpc) is 3.53. The predicted octanol–water partition coefficient (Wildman–Crippen LogP) is 3.53. The van der Waals surface area contributed by atoms with Crippen LogP contribution in [-0.2, 0) is 21.9 Å². The average molecular weight is 515 g/mol. The Hall–Kier alpha value is -3.31. The maximum absolute atomic E-state index is 13.8. The number of hydrogen-bond acceptors (Lipinski definition) is 8. The Morgan fingerprint density at radius 2 is 1.83 bits per heavy atom. The van der Waals surface area contributed by atoms with Crippen LogP contribution in [0.5, 0.6) is 5.75 Å². The molecule has 0 bridgehead atoms. The van der Waals surface area contributed by atoms with Gasteiger partial charge in [0.2, 0.25) is 0 Å². The second-order valence-corrected chi connectivity index (χ2v) is 10.2. The van der Waals surface area contributed by atoms with E-state index < -0.39 is 15.9 Å². The maximum Gasteiger partial charge on any atom is 0.411 e. The standard InChI is InChI=1S/C25H30N4O6S/c1-34-22-9-5-19(6-10-22)17-36-25(23(30)27-14-11-20(26)15-27)12-2-13-28(25)24(31)35-16-18-3-7-21(8-4-18)29(32)33/h3-10,20H,2,11-17,26H2,1H3/t20-,25?/m0/s1. The smallest absolute Gasteiger partial charge is 0.411 e. The summed E-state index contributed by atoms with van der Waals surface area (Å²) < 4.78 is 10.8. The molecule has 1 unspecified atom stereocenters. The molecule has 2 aromatic rings. The fourth-order valence-electron chi connectivity index (χ4n) is 4.55. The molecular formula is C25H30N4O6S. The summed E-state index contributed by atoms with van der Waals surface area (Å²) in [7, 11) is 1.61. The molecule has 2 amide bonds. The largest absolute Gasteiger partial charge is 0.497 e. The Bertz CT molecular complexity index is 1100. The van der Waals surface area contributed by atoms with E-state index in [4.69, 9.17) is 15.2 Å². The molecule has 0 radical (unpaired) electrons. The van der Waals surface area contributed by atoms with Gasteiger partial charge in [0.15, 0.2) is 4.87 Å². The van der Waals surface area contributed by atoms with Crippen LogP contribution >= 0.6 is 11.8 Å². The van der Waals surface area contributed by atoms with Crippen LogP contribution in [0.15, 0.2) is 48.5 Å².